The molecule has 1 aromatic rings. The van der Waals surface area contributed by atoms with E-state index >= 15 is 0 Å². The SMILES string of the molecule is CC(C)(C)CCNC(=O)c1cc(N)ccc1F. The largest absolute Gasteiger partial charge is 0.399 e. The number of carbonyl (C=O) groups excluding carboxylic acids is 1. The minimum absolute atomic E-state index is 0.00101. The van der Waals surface area contributed by atoms with Gasteiger partial charge in [0.25, 0.3) is 5.91 Å². The molecule has 0 spiro atoms. The summed E-state index contributed by atoms with van der Waals surface area (Å²) in [6, 6.07) is 3.98. The van der Waals surface area contributed by atoms with Gasteiger partial charge in [-0.3, -0.25) is 4.79 Å². The normalized spacial score (nSPS) is 11.3. The van der Waals surface area contributed by atoms with Crippen molar-refractivity contribution in [3.8, 4) is 0 Å². The minimum Gasteiger partial charge on any atom is -0.399 e. The summed E-state index contributed by atoms with van der Waals surface area (Å²) < 4.78 is 13.4. The van der Waals surface area contributed by atoms with Crippen molar-refractivity contribution in [1.29, 1.82) is 0 Å². The van der Waals surface area contributed by atoms with Crippen LogP contribution in [0.1, 0.15) is 37.6 Å². The van der Waals surface area contributed by atoms with Crippen LogP contribution in [0.25, 0.3) is 0 Å². The zero-order valence-electron chi connectivity index (χ0n) is 10.5. The van der Waals surface area contributed by atoms with Gasteiger partial charge in [0.05, 0.1) is 5.56 Å². The molecule has 0 aromatic heterocycles. The summed E-state index contributed by atoms with van der Waals surface area (Å²) in [5.74, 6) is -0.966. The molecule has 0 heterocycles. The first-order valence-electron chi connectivity index (χ1n) is 5.63. The van der Waals surface area contributed by atoms with Crippen molar-refractivity contribution in [3.63, 3.8) is 0 Å². The van der Waals surface area contributed by atoms with Crippen molar-refractivity contribution < 1.29 is 9.18 Å². The van der Waals surface area contributed by atoms with Gasteiger partial charge < -0.3 is 11.1 Å². The highest BCUT2D eigenvalue weighted by atomic mass is 19.1. The van der Waals surface area contributed by atoms with Gasteiger partial charge in [0.2, 0.25) is 0 Å². The van der Waals surface area contributed by atoms with Crippen molar-refractivity contribution in [1.82, 2.24) is 5.32 Å². The Kier molecular flexibility index (Phi) is 4.10. The van der Waals surface area contributed by atoms with E-state index < -0.39 is 11.7 Å². The number of hydrogen-bond donors (Lipinski definition) is 2. The molecule has 1 aromatic carbocycles. The molecule has 0 fully saturated rings. The second-order valence-electron chi connectivity index (χ2n) is 5.31. The van der Waals surface area contributed by atoms with Crippen molar-refractivity contribution in [2.24, 2.45) is 5.41 Å². The van der Waals surface area contributed by atoms with Gasteiger partial charge in [0.15, 0.2) is 0 Å². The summed E-state index contributed by atoms with van der Waals surface area (Å²) in [5, 5.41) is 2.69. The van der Waals surface area contributed by atoms with E-state index in [-0.39, 0.29) is 11.0 Å². The third-order valence-corrected chi connectivity index (χ3v) is 2.40. The molecule has 0 atom stereocenters. The molecule has 0 aliphatic rings. The van der Waals surface area contributed by atoms with Gasteiger partial charge in [-0.2, -0.15) is 0 Å². The Hall–Kier alpha value is -1.58. The van der Waals surface area contributed by atoms with E-state index in [1.807, 2.05) is 0 Å². The summed E-state index contributed by atoms with van der Waals surface area (Å²) in [4.78, 5) is 11.7. The van der Waals surface area contributed by atoms with E-state index in [1.165, 1.54) is 18.2 Å². The van der Waals surface area contributed by atoms with Crippen molar-refractivity contribution in [2.75, 3.05) is 12.3 Å². The Morgan fingerprint density at radius 2 is 2.06 bits per heavy atom. The highest BCUT2D eigenvalue weighted by molar-refractivity contribution is 5.95. The molecule has 3 nitrogen and oxygen atoms in total. The number of carbonyl (C=O) groups is 1. The fraction of sp³-hybridized carbons (Fsp3) is 0.462. The second kappa shape index (κ2) is 5.17. The summed E-state index contributed by atoms with van der Waals surface area (Å²) in [5.41, 5.74) is 6.04. The fourth-order valence-corrected chi connectivity index (χ4v) is 1.36. The van der Waals surface area contributed by atoms with Crippen LogP contribution in [0.4, 0.5) is 10.1 Å². The summed E-state index contributed by atoms with van der Waals surface area (Å²) in [6.45, 7) is 6.78. The van der Waals surface area contributed by atoms with Crippen molar-refractivity contribution in [2.45, 2.75) is 27.2 Å². The van der Waals surface area contributed by atoms with Crippen LogP contribution in [0.2, 0.25) is 0 Å². The number of rotatable bonds is 3. The number of hydrogen-bond acceptors (Lipinski definition) is 2. The van der Waals surface area contributed by atoms with Crippen LogP contribution in [0, 0.1) is 11.2 Å². The highest BCUT2D eigenvalue weighted by Crippen LogP contribution is 2.17. The molecule has 0 unspecified atom stereocenters. The second-order valence-corrected chi connectivity index (χ2v) is 5.31. The molecule has 17 heavy (non-hydrogen) atoms. The van der Waals surface area contributed by atoms with Gasteiger partial charge in [-0.05, 0) is 30.0 Å². The number of nitrogens with one attached hydrogen (secondary N) is 1. The van der Waals surface area contributed by atoms with Gasteiger partial charge in [-0.25, -0.2) is 4.39 Å². The summed E-state index contributed by atoms with van der Waals surface area (Å²) in [7, 11) is 0. The Morgan fingerprint density at radius 1 is 1.41 bits per heavy atom. The van der Waals surface area contributed by atoms with E-state index in [1.54, 1.807) is 0 Å². The van der Waals surface area contributed by atoms with Crippen molar-refractivity contribution in [3.05, 3.63) is 29.6 Å². The molecule has 3 N–H and O–H groups in total. The van der Waals surface area contributed by atoms with Crippen LogP contribution >= 0.6 is 0 Å². The van der Waals surface area contributed by atoms with E-state index in [0.717, 1.165) is 6.42 Å². The lowest BCUT2D eigenvalue weighted by atomic mass is 9.92. The molecule has 0 saturated heterocycles. The van der Waals surface area contributed by atoms with Crippen LogP contribution in [0.5, 0.6) is 0 Å². The third kappa shape index (κ3) is 4.43. The van der Waals surface area contributed by atoms with Gasteiger partial charge in [-0.15, -0.1) is 0 Å². The maximum absolute atomic E-state index is 13.4. The smallest absolute Gasteiger partial charge is 0.254 e. The molecule has 0 saturated carbocycles. The quantitative estimate of drug-likeness (QED) is 0.795. The monoisotopic (exact) mass is 238 g/mol. The maximum atomic E-state index is 13.4. The Morgan fingerprint density at radius 3 is 2.65 bits per heavy atom. The highest BCUT2D eigenvalue weighted by Gasteiger charge is 2.14. The van der Waals surface area contributed by atoms with Crippen LogP contribution < -0.4 is 11.1 Å². The molecule has 0 aliphatic heterocycles. The fourth-order valence-electron chi connectivity index (χ4n) is 1.36. The topological polar surface area (TPSA) is 55.1 Å². The van der Waals surface area contributed by atoms with Gasteiger partial charge >= 0.3 is 0 Å². The molecule has 0 radical (unpaired) electrons. The number of nitrogen functional groups attached to an aromatic ring is 1. The lowest BCUT2D eigenvalue weighted by Crippen LogP contribution is -2.28. The first-order valence-corrected chi connectivity index (χ1v) is 5.63. The lowest BCUT2D eigenvalue weighted by Gasteiger charge is -2.18. The molecule has 1 amide bonds. The Labute approximate surface area is 101 Å². The average molecular weight is 238 g/mol. The molecule has 4 heteroatoms. The Balaban J connectivity index is 2.61. The van der Waals surface area contributed by atoms with Crippen LogP contribution in [-0.2, 0) is 0 Å². The maximum Gasteiger partial charge on any atom is 0.254 e. The first kappa shape index (κ1) is 13.5. The molecule has 0 bridgehead atoms. The summed E-state index contributed by atoms with van der Waals surface area (Å²) in [6.07, 6.45) is 0.836. The molecule has 94 valence electrons. The number of halogens is 1. The van der Waals surface area contributed by atoms with E-state index in [9.17, 15) is 9.18 Å². The summed E-state index contributed by atoms with van der Waals surface area (Å²) >= 11 is 0. The zero-order valence-corrected chi connectivity index (χ0v) is 10.5. The zero-order chi connectivity index (χ0) is 13.1. The van der Waals surface area contributed by atoms with Crippen LogP contribution in [0.3, 0.4) is 0 Å². The van der Waals surface area contributed by atoms with Crippen molar-refractivity contribution >= 4 is 11.6 Å². The van der Waals surface area contributed by atoms with Crippen LogP contribution in [-0.4, -0.2) is 12.5 Å². The van der Waals surface area contributed by atoms with E-state index in [0.29, 0.717) is 12.2 Å². The number of benzene rings is 1. The number of amides is 1. The first-order chi connectivity index (χ1) is 7.79. The van der Waals surface area contributed by atoms with Gasteiger partial charge in [0, 0.05) is 12.2 Å². The molecule has 1 rings (SSSR count). The lowest BCUT2D eigenvalue weighted by molar-refractivity contribution is 0.0945. The Bertz CT molecular complexity index is 410. The predicted octanol–water partition coefficient (Wildman–Crippen LogP) is 2.57. The van der Waals surface area contributed by atoms with Gasteiger partial charge in [-0.1, -0.05) is 20.8 Å². The number of nitrogens with two attached hydrogens (primary N) is 1. The standard InChI is InChI=1S/C13H19FN2O/c1-13(2,3)6-7-16-12(17)10-8-9(15)4-5-11(10)14/h4-5,8H,6-7,15H2,1-3H3,(H,16,17). The molecule has 0 aliphatic carbocycles. The van der Waals surface area contributed by atoms with E-state index in [4.69, 9.17) is 5.73 Å². The molecular weight excluding hydrogens is 219 g/mol. The molecular formula is C13H19FN2O. The third-order valence-electron chi connectivity index (χ3n) is 2.40. The minimum atomic E-state index is -0.549. The van der Waals surface area contributed by atoms with E-state index in [2.05, 4.69) is 26.1 Å². The van der Waals surface area contributed by atoms with Crippen LogP contribution in [0.15, 0.2) is 18.2 Å². The number of anilines is 1. The van der Waals surface area contributed by atoms with Gasteiger partial charge in [0.1, 0.15) is 5.82 Å². The average Bonchev–Trinajstić information content (AvgIpc) is 2.19. The predicted molar refractivity (Wildman–Crippen MR) is 67.2 cm³/mol.